The van der Waals surface area contributed by atoms with Crippen molar-refractivity contribution in [2.24, 2.45) is 0 Å². The number of benzene rings is 1. The monoisotopic (exact) mass is 296 g/mol. The lowest BCUT2D eigenvalue weighted by Crippen LogP contribution is -2.14. The van der Waals surface area contributed by atoms with E-state index < -0.39 is 0 Å². The normalized spacial score (nSPS) is 13.1. The summed E-state index contributed by atoms with van der Waals surface area (Å²) in [5, 5.41) is 0. The Morgan fingerprint density at radius 1 is 1.42 bits per heavy atom. The molecule has 1 heterocycles. The molecule has 0 saturated carbocycles. The maximum Gasteiger partial charge on any atom is 0.111 e. The Morgan fingerprint density at radius 2 is 2.21 bits per heavy atom. The van der Waals surface area contributed by atoms with E-state index in [2.05, 4.69) is 42.9 Å². The van der Waals surface area contributed by atoms with E-state index in [1.807, 2.05) is 11.8 Å². The average Bonchev–Trinajstić information content (AvgIpc) is 2.73. The van der Waals surface area contributed by atoms with Crippen LogP contribution >= 0.6 is 23.4 Å². The van der Waals surface area contributed by atoms with Gasteiger partial charge in [-0.15, -0.1) is 11.6 Å². The van der Waals surface area contributed by atoms with Crippen LogP contribution in [-0.2, 0) is 6.42 Å². The van der Waals surface area contributed by atoms with Crippen molar-refractivity contribution in [3.8, 4) is 0 Å². The second-order valence-corrected chi connectivity index (χ2v) is 6.14. The standard InChI is InChI=1S/C15H21ClN2S/c1-4-12(10-19-3)18-14-6-5-11(2)9-13(14)17-15(18)7-8-16/h5-6,9,12H,4,7-8,10H2,1-3H3. The van der Waals surface area contributed by atoms with E-state index in [4.69, 9.17) is 16.6 Å². The fourth-order valence-corrected chi connectivity index (χ4v) is 3.43. The number of aromatic nitrogens is 2. The highest BCUT2D eigenvalue weighted by molar-refractivity contribution is 7.98. The third kappa shape index (κ3) is 3.09. The number of alkyl halides is 1. The summed E-state index contributed by atoms with van der Waals surface area (Å²) >= 11 is 7.82. The van der Waals surface area contributed by atoms with Gasteiger partial charge in [0.1, 0.15) is 5.82 Å². The summed E-state index contributed by atoms with van der Waals surface area (Å²) < 4.78 is 2.40. The maximum absolute atomic E-state index is 5.93. The van der Waals surface area contributed by atoms with Crippen LogP contribution in [0.15, 0.2) is 18.2 Å². The first kappa shape index (κ1) is 14.7. The second-order valence-electron chi connectivity index (χ2n) is 4.85. The number of rotatable bonds is 6. The van der Waals surface area contributed by atoms with Crippen LogP contribution in [-0.4, -0.2) is 27.4 Å². The van der Waals surface area contributed by atoms with Gasteiger partial charge < -0.3 is 4.57 Å². The van der Waals surface area contributed by atoms with Gasteiger partial charge in [0.2, 0.25) is 0 Å². The molecule has 0 spiro atoms. The molecule has 0 saturated heterocycles. The van der Waals surface area contributed by atoms with Crippen LogP contribution in [0.4, 0.5) is 0 Å². The molecule has 19 heavy (non-hydrogen) atoms. The lowest BCUT2D eigenvalue weighted by molar-refractivity contribution is 0.533. The summed E-state index contributed by atoms with van der Waals surface area (Å²) in [4.78, 5) is 4.78. The van der Waals surface area contributed by atoms with Crippen molar-refractivity contribution in [3.05, 3.63) is 29.6 Å². The molecule has 2 aromatic rings. The highest BCUT2D eigenvalue weighted by atomic mass is 35.5. The van der Waals surface area contributed by atoms with Crippen LogP contribution in [0.3, 0.4) is 0 Å². The van der Waals surface area contributed by atoms with E-state index in [1.165, 1.54) is 11.1 Å². The Balaban J connectivity index is 2.56. The van der Waals surface area contributed by atoms with Crippen molar-refractivity contribution < 1.29 is 0 Å². The second kappa shape index (κ2) is 6.67. The molecule has 2 nitrogen and oxygen atoms in total. The van der Waals surface area contributed by atoms with Gasteiger partial charge in [0.15, 0.2) is 0 Å². The highest BCUT2D eigenvalue weighted by Crippen LogP contribution is 2.26. The number of nitrogens with zero attached hydrogens (tertiary/aromatic N) is 2. The molecule has 0 fully saturated rings. The van der Waals surface area contributed by atoms with E-state index in [1.54, 1.807) is 0 Å². The van der Waals surface area contributed by atoms with Crippen LogP contribution in [0.1, 0.15) is 30.8 Å². The summed E-state index contributed by atoms with van der Waals surface area (Å²) in [5.41, 5.74) is 3.60. The molecule has 1 unspecified atom stereocenters. The van der Waals surface area contributed by atoms with E-state index >= 15 is 0 Å². The fourth-order valence-electron chi connectivity index (χ4n) is 2.49. The summed E-state index contributed by atoms with van der Waals surface area (Å²) in [5.74, 6) is 2.86. The van der Waals surface area contributed by atoms with E-state index in [9.17, 15) is 0 Å². The van der Waals surface area contributed by atoms with Crippen molar-refractivity contribution in [1.82, 2.24) is 9.55 Å². The summed E-state index contributed by atoms with van der Waals surface area (Å²) in [6.45, 7) is 4.35. The predicted molar refractivity (Wildman–Crippen MR) is 86.6 cm³/mol. The third-order valence-electron chi connectivity index (χ3n) is 3.43. The van der Waals surface area contributed by atoms with Gasteiger partial charge in [-0.1, -0.05) is 13.0 Å². The van der Waals surface area contributed by atoms with E-state index in [0.717, 1.165) is 29.9 Å². The van der Waals surface area contributed by atoms with Crippen molar-refractivity contribution >= 4 is 34.4 Å². The molecule has 4 heteroatoms. The number of thioether (sulfide) groups is 1. The van der Waals surface area contributed by atoms with Gasteiger partial charge in [-0.05, 0) is 37.3 Å². The zero-order valence-corrected chi connectivity index (χ0v) is 13.4. The number of imidazole rings is 1. The molecule has 0 amide bonds. The van der Waals surface area contributed by atoms with Crippen molar-refractivity contribution in [1.29, 1.82) is 0 Å². The number of halogens is 1. The minimum atomic E-state index is 0.501. The molecule has 0 aliphatic carbocycles. The van der Waals surface area contributed by atoms with Crippen LogP contribution < -0.4 is 0 Å². The summed E-state index contributed by atoms with van der Waals surface area (Å²) in [7, 11) is 0. The van der Waals surface area contributed by atoms with Crippen molar-refractivity contribution in [3.63, 3.8) is 0 Å². The molecule has 0 bridgehead atoms. The minimum Gasteiger partial charge on any atom is -0.324 e. The first-order chi connectivity index (χ1) is 9.21. The zero-order chi connectivity index (χ0) is 13.8. The van der Waals surface area contributed by atoms with Crippen LogP contribution in [0, 0.1) is 6.92 Å². The molecule has 0 aliphatic heterocycles. The molecular formula is C15H21ClN2S. The molecule has 1 aromatic carbocycles. The zero-order valence-electron chi connectivity index (χ0n) is 11.8. The Bertz CT molecular complexity index is 550. The topological polar surface area (TPSA) is 17.8 Å². The van der Waals surface area contributed by atoms with Gasteiger partial charge in [0.05, 0.1) is 11.0 Å². The molecule has 2 rings (SSSR count). The van der Waals surface area contributed by atoms with Gasteiger partial charge in [-0.3, -0.25) is 0 Å². The van der Waals surface area contributed by atoms with E-state index in [0.29, 0.717) is 11.9 Å². The van der Waals surface area contributed by atoms with Gasteiger partial charge in [-0.25, -0.2) is 4.98 Å². The van der Waals surface area contributed by atoms with Crippen LogP contribution in [0.5, 0.6) is 0 Å². The molecule has 0 radical (unpaired) electrons. The van der Waals surface area contributed by atoms with Gasteiger partial charge in [0, 0.05) is 24.1 Å². The SMILES string of the molecule is CCC(CSC)n1c(CCCl)nc2cc(C)ccc21. The molecule has 104 valence electrons. The molecule has 0 aliphatic rings. The van der Waals surface area contributed by atoms with E-state index in [-0.39, 0.29) is 0 Å². The van der Waals surface area contributed by atoms with Crippen molar-refractivity contribution in [2.75, 3.05) is 17.9 Å². The average molecular weight is 297 g/mol. The molecular weight excluding hydrogens is 276 g/mol. The Kier molecular flexibility index (Phi) is 5.17. The summed E-state index contributed by atoms with van der Waals surface area (Å²) in [6.07, 6.45) is 4.11. The maximum atomic E-state index is 5.93. The first-order valence-electron chi connectivity index (χ1n) is 6.73. The van der Waals surface area contributed by atoms with Crippen LogP contribution in [0.2, 0.25) is 0 Å². The Hall–Kier alpha value is -0.670. The lowest BCUT2D eigenvalue weighted by Gasteiger charge is -2.19. The predicted octanol–water partition coefficient (Wildman–Crippen LogP) is 4.44. The Labute approximate surface area is 124 Å². The van der Waals surface area contributed by atoms with Gasteiger partial charge in [0.25, 0.3) is 0 Å². The first-order valence-corrected chi connectivity index (χ1v) is 8.66. The smallest absolute Gasteiger partial charge is 0.111 e. The molecule has 0 N–H and O–H groups in total. The fraction of sp³-hybridized carbons (Fsp3) is 0.533. The number of hydrogen-bond acceptors (Lipinski definition) is 2. The molecule has 1 atom stereocenters. The van der Waals surface area contributed by atoms with Gasteiger partial charge >= 0.3 is 0 Å². The quantitative estimate of drug-likeness (QED) is 0.733. The minimum absolute atomic E-state index is 0.501. The number of hydrogen-bond donors (Lipinski definition) is 0. The van der Waals surface area contributed by atoms with Gasteiger partial charge in [-0.2, -0.15) is 11.8 Å². The van der Waals surface area contributed by atoms with Crippen LogP contribution in [0.25, 0.3) is 11.0 Å². The largest absolute Gasteiger partial charge is 0.324 e. The number of aryl methyl sites for hydroxylation is 2. The highest BCUT2D eigenvalue weighted by Gasteiger charge is 2.17. The third-order valence-corrected chi connectivity index (χ3v) is 4.34. The molecule has 1 aromatic heterocycles. The summed E-state index contributed by atoms with van der Waals surface area (Å²) in [6, 6.07) is 7.02. The van der Waals surface area contributed by atoms with Crippen molar-refractivity contribution in [2.45, 2.75) is 32.7 Å². The lowest BCUT2D eigenvalue weighted by atomic mass is 10.2. The Morgan fingerprint density at radius 3 is 2.84 bits per heavy atom. The number of fused-ring (bicyclic) bond motifs is 1.